The highest BCUT2D eigenvalue weighted by molar-refractivity contribution is 7.89. The minimum atomic E-state index is -3.78. The van der Waals surface area contributed by atoms with E-state index in [9.17, 15) is 12.8 Å². The number of fused-ring (bicyclic) bond motifs is 1. The summed E-state index contributed by atoms with van der Waals surface area (Å²) in [5.74, 6) is 0.179. The van der Waals surface area contributed by atoms with E-state index >= 15 is 0 Å². The summed E-state index contributed by atoms with van der Waals surface area (Å²) in [6.07, 6.45) is 2.55. The van der Waals surface area contributed by atoms with E-state index in [-0.39, 0.29) is 16.5 Å². The van der Waals surface area contributed by atoms with Crippen molar-refractivity contribution in [3.8, 4) is 5.75 Å². The standard InChI is InChI=1S/C28H26ClFN2O3S/c1-19-28(21-12-14-31(15-13-21)36(33,34)23-10-11-26(30)25(29)17-23)24-8-3-4-9-27(24)32(19)18-20-6-5-7-22(16-20)35-2/h3-12,16-17H,13-15,18H2,1-2H3. The van der Waals surface area contributed by atoms with Gasteiger partial charge in [0.25, 0.3) is 0 Å². The fourth-order valence-corrected chi connectivity index (χ4v) is 6.53. The topological polar surface area (TPSA) is 51.5 Å². The number of halogens is 2. The molecule has 0 spiro atoms. The largest absolute Gasteiger partial charge is 0.497 e. The van der Waals surface area contributed by atoms with Crippen LogP contribution in [0.3, 0.4) is 0 Å². The van der Waals surface area contributed by atoms with Crippen molar-refractivity contribution in [1.82, 2.24) is 8.87 Å². The smallest absolute Gasteiger partial charge is 0.243 e. The Bertz CT molecular complexity index is 1590. The molecule has 0 saturated carbocycles. The average molecular weight is 525 g/mol. The minimum absolute atomic E-state index is 0.00294. The Morgan fingerprint density at radius 1 is 1.06 bits per heavy atom. The SMILES string of the molecule is COc1cccc(Cn2c(C)c(C3=CCN(S(=O)(=O)c4ccc(F)c(Cl)c4)CC3)c3ccccc32)c1. The molecule has 0 unspecified atom stereocenters. The highest BCUT2D eigenvalue weighted by Crippen LogP contribution is 2.36. The maximum atomic E-state index is 13.6. The lowest BCUT2D eigenvalue weighted by molar-refractivity contribution is 0.414. The number of aromatic nitrogens is 1. The molecular formula is C28H26ClFN2O3S. The van der Waals surface area contributed by atoms with Crippen molar-refractivity contribution in [2.75, 3.05) is 20.2 Å². The summed E-state index contributed by atoms with van der Waals surface area (Å²) in [4.78, 5) is -0.00294. The van der Waals surface area contributed by atoms with Gasteiger partial charge in [-0.25, -0.2) is 12.8 Å². The van der Waals surface area contributed by atoms with Crippen molar-refractivity contribution in [2.45, 2.75) is 24.8 Å². The second kappa shape index (κ2) is 9.73. The molecule has 1 aliphatic rings. The number of nitrogens with zero attached hydrogens (tertiary/aromatic N) is 2. The predicted octanol–water partition coefficient (Wildman–Crippen LogP) is 6.28. The van der Waals surface area contributed by atoms with Crippen LogP contribution in [0.1, 0.15) is 23.2 Å². The zero-order chi connectivity index (χ0) is 25.4. The second-order valence-corrected chi connectivity index (χ2v) is 11.2. The van der Waals surface area contributed by atoms with Crippen LogP contribution in [0.15, 0.2) is 77.7 Å². The third kappa shape index (κ3) is 4.43. The summed E-state index contributed by atoms with van der Waals surface area (Å²) in [6, 6.07) is 19.8. The Hall–Kier alpha value is -3.13. The molecule has 5 nitrogen and oxygen atoms in total. The second-order valence-electron chi connectivity index (χ2n) is 8.83. The summed E-state index contributed by atoms with van der Waals surface area (Å²) < 4.78 is 48.9. The number of benzene rings is 3. The van der Waals surface area contributed by atoms with Gasteiger partial charge in [-0.1, -0.05) is 48.0 Å². The van der Waals surface area contributed by atoms with E-state index in [1.165, 1.54) is 16.4 Å². The van der Waals surface area contributed by atoms with E-state index in [2.05, 4.69) is 29.7 Å². The van der Waals surface area contributed by atoms with Gasteiger partial charge in [0.2, 0.25) is 10.0 Å². The van der Waals surface area contributed by atoms with Gasteiger partial charge in [0.05, 0.1) is 17.0 Å². The van der Waals surface area contributed by atoms with Gasteiger partial charge in [-0.3, -0.25) is 0 Å². The predicted molar refractivity (Wildman–Crippen MR) is 142 cm³/mol. The van der Waals surface area contributed by atoms with Crippen molar-refractivity contribution < 1.29 is 17.5 Å². The molecular weight excluding hydrogens is 499 g/mol. The molecule has 0 aliphatic carbocycles. The Kier molecular flexibility index (Phi) is 6.64. The highest BCUT2D eigenvalue weighted by atomic mass is 35.5. The minimum Gasteiger partial charge on any atom is -0.497 e. The molecule has 0 bridgehead atoms. The van der Waals surface area contributed by atoms with Gasteiger partial charge in [0.1, 0.15) is 11.6 Å². The lowest BCUT2D eigenvalue weighted by Gasteiger charge is -2.26. The van der Waals surface area contributed by atoms with E-state index in [4.69, 9.17) is 16.3 Å². The van der Waals surface area contributed by atoms with E-state index in [1.54, 1.807) is 7.11 Å². The summed E-state index contributed by atoms with van der Waals surface area (Å²) in [5.41, 5.74) is 5.67. The molecule has 8 heteroatoms. The molecule has 36 heavy (non-hydrogen) atoms. The molecule has 5 rings (SSSR count). The molecule has 2 heterocycles. The monoisotopic (exact) mass is 524 g/mol. The molecule has 0 fully saturated rings. The van der Waals surface area contributed by atoms with E-state index in [0.29, 0.717) is 19.5 Å². The van der Waals surface area contributed by atoms with Gasteiger partial charge in [0.15, 0.2) is 0 Å². The number of ether oxygens (including phenoxy) is 1. The van der Waals surface area contributed by atoms with Crippen LogP contribution in [0.5, 0.6) is 5.75 Å². The highest BCUT2D eigenvalue weighted by Gasteiger charge is 2.28. The van der Waals surface area contributed by atoms with E-state index in [0.717, 1.165) is 45.1 Å². The molecule has 1 aliphatic heterocycles. The van der Waals surface area contributed by atoms with Gasteiger partial charge in [-0.05, 0) is 60.9 Å². The van der Waals surface area contributed by atoms with Crippen LogP contribution in [-0.2, 0) is 16.6 Å². The lowest BCUT2D eigenvalue weighted by Crippen LogP contribution is -2.34. The number of para-hydroxylation sites is 1. The summed E-state index contributed by atoms with van der Waals surface area (Å²) >= 11 is 5.83. The number of sulfonamides is 1. The van der Waals surface area contributed by atoms with Gasteiger partial charge >= 0.3 is 0 Å². The molecule has 0 saturated heterocycles. The molecule has 4 aromatic rings. The molecule has 0 radical (unpaired) electrons. The number of hydrogen-bond acceptors (Lipinski definition) is 3. The molecule has 0 N–H and O–H groups in total. The molecule has 1 aromatic heterocycles. The van der Waals surface area contributed by atoms with Crippen LogP contribution in [0.4, 0.5) is 4.39 Å². The van der Waals surface area contributed by atoms with Crippen LogP contribution in [0, 0.1) is 12.7 Å². The maximum Gasteiger partial charge on any atom is 0.243 e. The first kappa shape index (κ1) is 24.6. The van der Waals surface area contributed by atoms with Crippen LogP contribution in [-0.4, -0.2) is 37.5 Å². The Labute approximate surface area is 215 Å². The van der Waals surface area contributed by atoms with Crippen LogP contribution >= 0.6 is 11.6 Å². The molecule has 0 amide bonds. The van der Waals surface area contributed by atoms with Gasteiger partial charge in [-0.2, -0.15) is 4.31 Å². The van der Waals surface area contributed by atoms with Gasteiger partial charge < -0.3 is 9.30 Å². The van der Waals surface area contributed by atoms with Crippen LogP contribution in [0.2, 0.25) is 5.02 Å². The number of methoxy groups -OCH3 is 1. The fourth-order valence-electron chi connectivity index (χ4n) is 4.88. The quantitative estimate of drug-likeness (QED) is 0.298. The first-order chi connectivity index (χ1) is 17.3. The van der Waals surface area contributed by atoms with Gasteiger partial charge in [0, 0.05) is 41.8 Å². The number of rotatable bonds is 6. The third-order valence-electron chi connectivity index (χ3n) is 6.73. The third-order valence-corrected chi connectivity index (χ3v) is 8.88. The Morgan fingerprint density at radius 3 is 2.58 bits per heavy atom. The Balaban J connectivity index is 1.48. The Morgan fingerprint density at radius 2 is 1.86 bits per heavy atom. The molecule has 3 aromatic carbocycles. The van der Waals surface area contributed by atoms with Crippen molar-refractivity contribution in [3.05, 3.63) is 100 Å². The molecule has 0 atom stereocenters. The van der Waals surface area contributed by atoms with Crippen molar-refractivity contribution in [3.63, 3.8) is 0 Å². The molecule has 186 valence electrons. The van der Waals surface area contributed by atoms with Crippen molar-refractivity contribution in [1.29, 1.82) is 0 Å². The normalized spacial score (nSPS) is 14.7. The summed E-state index contributed by atoms with van der Waals surface area (Å²) in [5, 5.41) is 0.939. The van der Waals surface area contributed by atoms with Crippen LogP contribution < -0.4 is 4.74 Å². The summed E-state index contributed by atoms with van der Waals surface area (Å²) in [6.45, 7) is 3.38. The van der Waals surface area contributed by atoms with Crippen molar-refractivity contribution in [2.24, 2.45) is 0 Å². The first-order valence-corrected chi connectivity index (χ1v) is 13.5. The average Bonchev–Trinajstić information content (AvgIpc) is 3.16. The lowest BCUT2D eigenvalue weighted by atomic mass is 9.97. The summed E-state index contributed by atoms with van der Waals surface area (Å²) in [7, 11) is -2.12. The fraction of sp³-hybridized carbons (Fsp3) is 0.214. The zero-order valence-corrected chi connectivity index (χ0v) is 21.6. The van der Waals surface area contributed by atoms with E-state index < -0.39 is 15.8 Å². The van der Waals surface area contributed by atoms with Crippen molar-refractivity contribution >= 4 is 38.1 Å². The maximum absolute atomic E-state index is 13.6. The van der Waals surface area contributed by atoms with Crippen LogP contribution in [0.25, 0.3) is 16.5 Å². The van der Waals surface area contributed by atoms with Gasteiger partial charge in [-0.15, -0.1) is 0 Å². The van der Waals surface area contributed by atoms with E-state index in [1.807, 2.05) is 36.4 Å². The first-order valence-electron chi connectivity index (χ1n) is 11.6. The zero-order valence-electron chi connectivity index (χ0n) is 20.0. The number of hydrogen-bond donors (Lipinski definition) is 0.